The first-order valence-electron chi connectivity index (χ1n) is 8.74. The van der Waals surface area contributed by atoms with Crippen LogP contribution < -0.4 is 20.5 Å². The summed E-state index contributed by atoms with van der Waals surface area (Å²) in [5, 5.41) is 3.92. The Morgan fingerprint density at radius 1 is 1.41 bits per heavy atom. The number of benzene rings is 1. The third kappa shape index (κ3) is 3.79. The fourth-order valence-corrected chi connectivity index (χ4v) is 3.03. The van der Waals surface area contributed by atoms with Crippen molar-refractivity contribution in [2.45, 2.75) is 39.1 Å². The van der Waals surface area contributed by atoms with E-state index < -0.39 is 29.9 Å². The van der Waals surface area contributed by atoms with Crippen LogP contribution in [0.4, 0.5) is 4.39 Å². The Labute approximate surface area is 156 Å². The molecule has 1 saturated heterocycles. The Bertz CT molecular complexity index is 887. The van der Waals surface area contributed by atoms with Crippen molar-refractivity contribution in [3.05, 3.63) is 30.0 Å². The lowest BCUT2D eigenvalue weighted by Crippen LogP contribution is -2.34. The SMILES string of the molecule is CC(C)Oc1cc2c(OC[C@H]3NC(=O)C(F)[C@H]3C)nccc2cc1C(N)=O. The van der Waals surface area contributed by atoms with Gasteiger partial charge in [-0.2, -0.15) is 0 Å². The number of nitrogens with two attached hydrogens (primary N) is 1. The van der Waals surface area contributed by atoms with Gasteiger partial charge >= 0.3 is 0 Å². The largest absolute Gasteiger partial charge is 0.490 e. The molecule has 0 bridgehead atoms. The first-order chi connectivity index (χ1) is 12.8. The lowest BCUT2D eigenvalue weighted by atomic mass is 10.0. The topological polar surface area (TPSA) is 104 Å². The molecule has 8 heteroatoms. The molecule has 1 aromatic carbocycles. The van der Waals surface area contributed by atoms with Crippen molar-refractivity contribution in [3.63, 3.8) is 0 Å². The number of nitrogens with one attached hydrogen (secondary N) is 1. The van der Waals surface area contributed by atoms with Crippen molar-refractivity contribution in [2.24, 2.45) is 11.7 Å². The van der Waals surface area contributed by atoms with E-state index in [-0.39, 0.29) is 18.3 Å². The van der Waals surface area contributed by atoms with Crippen LogP contribution in [0.25, 0.3) is 10.8 Å². The van der Waals surface area contributed by atoms with Gasteiger partial charge in [0.1, 0.15) is 12.4 Å². The second-order valence-electron chi connectivity index (χ2n) is 6.90. The van der Waals surface area contributed by atoms with Crippen molar-refractivity contribution in [1.29, 1.82) is 0 Å². The normalized spacial score (nSPS) is 22.1. The molecule has 1 aromatic heterocycles. The number of hydrogen-bond acceptors (Lipinski definition) is 5. The van der Waals surface area contributed by atoms with E-state index in [1.165, 1.54) is 0 Å². The molecule has 0 saturated carbocycles. The summed E-state index contributed by atoms with van der Waals surface area (Å²) in [6.45, 7) is 5.42. The number of ether oxygens (including phenoxy) is 2. The van der Waals surface area contributed by atoms with Crippen molar-refractivity contribution >= 4 is 22.6 Å². The molecule has 1 unspecified atom stereocenters. The van der Waals surface area contributed by atoms with Crippen molar-refractivity contribution in [1.82, 2.24) is 10.3 Å². The third-order valence-corrected chi connectivity index (χ3v) is 4.53. The molecule has 1 aliphatic heterocycles. The molecule has 3 N–H and O–H groups in total. The van der Waals surface area contributed by atoms with E-state index in [0.29, 0.717) is 22.4 Å². The monoisotopic (exact) mass is 375 g/mol. The van der Waals surface area contributed by atoms with Crippen molar-refractivity contribution in [3.8, 4) is 11.6 Å². The van der Waals surface area contributed by atoms with Gasteiger partial charge in [-0.05, 0) is 37.4 Å². The molecule has 2 amide bonds. The number of halogens is 1. The number of primary amides is 1. The van der Waals surface area contributed by atoms with Gasteiger partial charge < -0.3 is 20.5 Å². The molecule has 0 radical (unpaired) electrons. The van der Waals surface area contributed by atoms with Gasteiger partial charge in [0, 0.05) is 17.5 Å². The van der Waals surface area contributed by atoms with E-state index in [0.717, 1.165) is 0 Å². The summed E-state index contributed by atoms with van der Waals surface area (Å²) in [6, 6.07) is 4.57. The smallest absolute Gasteiger partial charge is 0.255 e. The number of rotatable bonds is 6. The minimum atomic E-state index is -1.54. The highest BCUT2D eigenvalue weighted by atomic mass is 19.1. The quantitative estimate of drug-likeness (QED) is 0.803. The highest BCUT2D eigenvalue weighted by Gasteiger charge is 2.40. The second kappa shape index (κ2) is 7.38. The molecule has 0 aliphatic carbocycles. The molecule has 144 valence electrons. The van der Waals surface area contributed by atoms with E-state index in [2.05, 4.69) is 10.3 Å². The van der Waals surface area contributed by atoms with Crippen molar-refractivity contribution < 1.29 is 23.5 Å². The third-order valence-electron chi connectivity index (χ3n) is 4.53. The van der Waals surface area contributed by atoms with Crippen LogP contribution in [-0.2, 0) is 4.79 Å². The molecule has 1 aliphatic rings. The Kier molecular flexibility index (Phi) is 5.16. The highest BCUT2D eigenvalue weighted by molar-refractivity contribution is 6.01. The Morgan fingerprint density at radius 2 is 2.15 bits per heavy atom. The number of carbonyl (C=O) groups excluding carboxylic acids is 2. The Balaban J connectivity index is 1.91. The summed E-state index contributed by atoms with van der Waals surface area (Å²) in [7, 11) is 0. The summed E-state index contributed by atoms with van der Waals surface area (Å²) in [5.74, 6) is -1.06. The summed E-state index contributed by atoms with van der Waals surface area (Å²) in [4.78, 5) is 27.4. The maximum absolute atomic E-state index is 13.7. The predicted molar refractivity (Wildman–Crippen MR) is 97.5 cm³/mol. The van der Waals surface area contributed by atoms with Crippen LogP contribution >= 0.6 is 0 Å². The molecular weight excluding hydrogens is 353 g/mol. The number of amides is 2. The zero-order valence-electron chi connectivity index (χ0n) is 15.4. The molecule has 2 aromatic rings. The summed E-state index contributed by atoms with van der Waals surface area (Å²) in [6.07, 6.45) is -0.152. The molecule has 3 atom stereocenters. The predicted octanol–water partition coefficient (Wildman–Crippen LogP) is 1.97. The van der Waals surface area contributed by atoms with Crippen LogP contribution in [0, 0.1) is 5.92 Å². The van der Waals surface area contributed by atoms with Gasteiger partial charge in [0.25, 0.3) is 11.8 Å². The lowest BCUT2D eigenvalue weighted by Gasteiger charge is -2.18. The summed E-state index contributed by atoms with van der Waals surface area (Å²) >= 11 is 0. The van der Waals surface area contributed by atoms with Crippen LogP contribution in [0.5, 0.6) is 11.6 Å². The van der Waals surface area contributed by atoms with Gasteiger partial charge in [0.05, 0.1) is 17.7 Å². The highest BCUT2D eigenvalue weighted by Crippen LogP contribution is 2.32. The number of carbonyl (C=O) groups is 2. The average molecular weight is 375 g/mol. The number of pyridine rings is 1. The van der Waals surface area contributed by atoms with Gasteiger partial charge in [-0.25, -0.2) is 9.37 Å². The van der Waals surface area contributed by atoms with Gasteiger partial charge in [-0.1, -0.05) is 6.92 Å². The van der Waals surface area contributed by atoms with Crippen LogP contribution in [0.15, 0.2) is 24.4 Å². The van der Waals surface area contributed by atoms with E-state index >= 15 is 0 Å². The maximum atomic E-state index is 13.7. The number of hydrogen-bond donors (Lipinski definition) is 2. The fraction of sp³-hybridized carbons (Fsp3) is 0.421. The molecule has 7 nitrogen and oxygen atoms in total. The first-order valence-corrected chi connectivity index (χ1v) is 8.74. The van der Waals surface area contributed by atoms with Crippen LogP contribution in [0.2, 0.25) is 0 Å². The minimum Gasteiger partial charge on any atom is -0.490 e. The van der Waals surface area contributed by atoms with Crippen LogP contribution in [-0.4, -0.2) is 41.7 Å². The van der Waals surface area contributed by atoms with E-state index in [4.69, 9.17) is 15.2 Å². The van der Waals surface area contributed by atoms with E-state index in [1.807, 2.05) is 13.8 Å². The van der Waals surface area contributed by atoms with Crippen molar-refractivity contribution in [2.75, 3.05) is 6.61 Å². The molecule has 27 heavy (non-hydrogen) atoms. The molecule has 3 rings (SSSR count). The first kappa shape index (κ1) is 18.9. The van der Waals surface area contributed by atoms with Gasteiger partial charge in [-0.15, -0.1) is 0 Å². The molecule has 2 heterocycles. The summed E-state index contributed by atoms with van der Waals surface area (Å²) in [5.41, 5.74) is 5.73. The van der Waals surface area contributed by atoms with Crippen LogP contribution in [0.3, 0.4) is 0 Å². The molecule has 0 spiro atoms. The lowest BCUT2D eigenvalue weighted by molar-refractivity contribution is -0.123. The number of fused-ring (bicyclic) bond motifs is 1. The molecule has 1 fully saturated rings. The summed E-state index contributed by atoms with van der Waals surface area (Å²) < 4.78 is 25.2. The standard InChI is InChI=1S/C19H22FN3O4/c1-9(2)27-15-7-12-11(6-13(15)17(21)24)4-5-22-19(12)26-8-14-10(3)16(20)18(25)23-14/h4-7,9-10,14,16H,8H2,1-3H3,(H2,21,24)(H,23,25)/t10-,14+,16?/m0/s1. The zero-order chi connectivity index (χ0) is 19.7. The maximum Gasteiger partial charge on any atom is 0.255 e. The number of aromatic nitrogens is 1. The van der Waals surface area contributed by atoms with Gasteiger partial charge in [0.2, 0.25) is 5.88 Å². The average Bonchev–Trinajstić information content (AvgIpc) is 2.85. The molecular formula is C19H22FN3O4. The van der Waals surface area contributed by atoms with E-state index in [1.54, 1.807) is 31.3 Å². The number of nitrogens with zero attached hydrogens (tertiary/aromatic N) is 1. The fourth-order valence-electron chi connectivity index (χ4n) is 3.03. The Hall–Kier alpha value is -2.90. The van der Waals surface area contributed by atoms with Gasteiger partial charge in [0.15, 0.2) is 6.17 Å². The number of alkyl halides is 1. The van der Waals surface area contributed by atoms with Crippen LogP contribution in [0.1, 0.15) is 31.1 Å². The second-order valence-corrected chi connectivity index (χ2v) is 6.90. The minimum absolute atomic E-state index is 0.0807. The Morgan fingerprint density at radius 3 is 2.74 bits per heavy atom. The zero-order valence-corrected chi connectivity index (χ0v) is 15.4. The van der Waals surface area contributed by atoms with E-state index in [9.17, 15) is 14.0 Å². The van der Waals surface area contributed by atoms with Gasteiger partial charge in [-0.3, -0.25) is 9.59 Å².